The van der Waals surface area contributed by atoms with E-state index in [0.717, 1.165) is 5.70 Å². The van der Waals surface area contributed by atoms with E-state index in [1.807, 2.05) is 0 Å². The third-order valence-corrected chi connectivity index (χ3v) is 2.24. The first-order chi connectivity index (χ1) is 4.61. The number of nitrogens with two attached hydrogens (primary N) is 1. The molecule has 0 aromatic heterocycles. The van der Waals surface area contributed by atoms with Gasteiger partial charge in [-0.1, -0.05) is 26.0 Å². The summed E-state index contributed by atoms with van der Waals surface area (Å²) in [6, 6.07) is 0. The van der Waals surface area contributed by atoms with E-state index >= 15 is 0 Å². The van der Waals surface area contributed by atoms with Crippen LogP contribution in [0.5, 0.6) is 0 Å². The molecule has 1 rings (SSSR count). The van der Waals surface area contributed by atoms with E-state index < -0.39 is 0 Å². The first-order valence-corrected chi connectivity index (χ1v) is 3.77. The van der Waals surface area contributed by atoms with Crippen molar-refractivity contribution in [1.29, 1.82) is 0 Å². The number of allylic oxidation sites excluding steroid dienone is 3. The highest BCUT2D eigenvalue weighted by Gasteiger charge is 2.13. The Bertz CT molecular complexity index is 167. The van der Waals surface area contributed by atoms with Crippen molar-refractivity contribution in [3.63, 3.8) is 0 Å². The van der Waals surface area contributed by atoms with Crippen LogP contribution in [0.3, 0.4) is 0 Å². The minimum absolute atomic E-state index is 0.601. The molecule has 10 heavy (non-hydrogen) atoms. The Kier molecular flexibility index (Phi) is 1.84. The van der Waals surface area contributed by atoms with Gasteiger partial charge in [-0.15, -0.1) is 0 Å². The zero-order chi connectivity index (χ0) is 7.72. The Morgan fingerprint density at radius 1 is 1.20 bits per heavy atom. The average Bonchev–Trinajstić information content (AvgIpc) is 1.84. The summed E-state index contributed by atoms with van der Waals surface area (Å²) in [5, 5.41) is 0. The van der Waals surface area contributed by atoms with Gasteiger partial charge >= 0.3 is 0 Å². The normalized spacial score (nSPS) is 33.1. The molecule has 0 amide bonds. The van der Waals surface area contributed by atoms with Gasteiger partial charge in [0, 0.05) is 5.70 Å². The maximum atomic E-state index is 5.72. The molecular formula is C9H15N. The number of hydrogen-bond acceptors (Lipinski definition) is 1. The van der Waals surface area contributed by atoms with Crippen LogP contribution in [0.1, 0.15) is 20.8 Å². The van der Waals surface area contributed by atoms with Crippen LogP contribution in [0.25, 0.3) is 0 Å². The first-order valence-electron chi connectivity index (χ1n) is 3.77. The lowest BCUT2D eigenvalue weighted by molar-refractivity contribution is 0.543. The monoisotopic (exact) mass is 137 g/mol. The van der Waals surface area contributed by atoms with Crippen molar-refractivity contribution >= 4 is 0 Å². The van der Waals surface area contributed by atoms with E-state index in [1.165, 1.54) is 5.57 Å². The molecule has 1 aliphatic rings. The fourth-order valence-electron chi connectivity index (χ4n) is 1.21. The zero-order valence-electron chi connectivity index (χ0n) is 6.89. The molecule has 56 valence electrons. The SMILES string of the molecule is CC1=CC(C)C(C)C=C1N. The van der Waals surface area contributed by atoms with Crippen LogP contribution in [0, 0.1) is 11.8 Å². The summed E-state index contributed by atoms with van der Waals surface area (Å²) < 4.78 is 0. The van der Waals surface area contributed by atoms with Gasteiger partial charge in [0.15, 0.2) is 0 Å². The van der Waals surface area contributed by atoms with Gasteiger partial charge in [-0.25, -0.2) is 0 Å². The first kappa shape index (κ1) is 7.39. The summed E-state index contributed by atoms with van der Waals surface area (Å²) in [5.74, 6) is 1.25. The molecule has 0 radical (unpaired) electrons. The summed E-state index contributed by atoms with van der Waals surface area (Å²) in [6.07, 6.45) is 4.38. The lowest BCUT2D eigenvalue weighted by Crippen LogP contribution is -2.13. The van der Waals surface area contributed by atoms with E-state index in [9.17, 15) is 0 Å². The Morgan fingerprint density at radius 2 is 1.70 bits per heavy atom. The predicted octanol–water partition coefficient (Wildman–Crippen LogP) is 2.06. The van der Waals surface area contributed by atoms with E-state index in [4.69, 9.17) is 5.73 Å². The van der Waals surface area contributed by atoms with E-state index in [-0.39, 0.29) is 0 Å². The zero-order valence-corrected chi connectivity index (χ0v) is 6.89. The summed E-state index contributed by atoms with van der Waals surface area (Å²) in [7, 11) is 0. The molecule has 0 aromatic rings. The highest BCUT2D eigenvalue weighted by Crippen LogP contribution is 2.23. The quantitative estimate of drug-likeness (QED) is 0.543. The van der Waals surface area contributed by atoms with Gasteiger partial charge in [0.25, 0.3) is 0 Å². The van der Waals surface area contributed by atoms with Crippen molar-refractivity contribution < 1.29 is 0 Å². The van der Waals surface area contributed by atoms with Gasteiger partial charge in [-0.3, -0.25) is 0 Å². The summed E-state index contributed by atoms with van der Waals surface area (Å²) in [5.41, 5.74) is 7.90. The molecule has 0 saturated carbocycles. The van der Waals surface area contributed by atoms with Gasteiger partial charge in [0.1, 0.15) is 0 Å². The fourth-order valence-corrected chi connectivity index (χ4v) is 1.21. The number of hydrogen-bond donors (Lipinski definition) is 1. The minimum Gasteiger partial charge on any atom is -0.399 e. The molecule has 0 aromatic carbocycles. The average molecular weight is 137 g/mol. The van der Waals surface area contributed by atoms with Crippen LogP contribution in [0.2, 0.25) is 0 Å². The van der Waals surface area contributed by atoms with Crippen LogP contribution < -0.4 is 5.73 Å². The largest absolute Gasteiger partial charge is 0.399 e. The van der Waals surface area contributed by atoms with Crippen LogP contribution in [-0.4, -0.2) is 0 Å². The Morgan fingerprint density at radius 3 is 2.20 bits per heavy atom. The third-order valence-electron chi connectivity index (χ3n) is 2.24. The molecule has 0 fully saturated rings. The van der Waals surface area contributed by atoms with Crippen molar-refractivity contribution in [2.75, 3.05) is 0 Å². The van der Waals surface area contributed by atoms with Crippen molar-refractivity contribution in [2.24, 2.45) is 17.6 Å². The summed E-state index contributed by atoms with van der Waals surface area (Å²) in [6.45, 7) is 6.48. The Balaban J connectivity index is 2.83. The molecule has 1 aliphatic carbocycles. The molecule has 1 heteroatoms. The second kappa shape index (κ2) is 2.49. The van der Waals surface area contributed by atoms with E-state index in [1.54, 1.807) is 0 Å². The molecule has 2 atom stereocenters. The van der Waals surface area contributed by atoms with Crippen molar-refractivity contribution in [1.82, 2.24) is 0 Å². The fraction of sp³-hybridized carbons (Fsp3) is 0.556. The van der Waals surface area contributed by atoms with Crippen LogP contribution in [0.15, 0.2) is 23.4 Å². The van der Waals surface area contributed by atoms with Gasteiger partial charge in [-0.2, -0.15) is 0 Å². The lowest BCUT2D eigenvalue weighted by Gasteiger charge is -2.20. The van der Waals surface area contributed by atoms with Gasteiger partial charge in [0.05, 0.1) is 0 Å². The highest BCUT2D eigenvalue weighted by molar-refractivity contribution is 5.30. The second-order valence-corrected chi connectivity index (χ2v) is 3.19. The third kappa shape index (κ3) is 1.23. The van der Waals surface area contributed by atoms with Crippen LogP contribution in [-0.2, 0) is 0 Å². The molecule has 0 saturated heterocycles. The van der Waals surface area contributed by atoms with Crippen LogP contribution >= 0.6 is 0 Å². The summed E-state index contributed by atoms with van der Waals surface area (Å²) in [4.78, 5) is 0. The minimum atomic E-state index is 0.601. The molecule has 0 aliphatic heterocycles. The van der Waals surface area contributed by atoms with Gasteiger partial charge < -0.3 is 5.73 Å². The van der Waals surface area contributed by atoms with Gasteiger partial charge in [0.2, 0.25) is 0 Å². The summed E-state index contributed by atoms with van der Waals surface area (Å²) >= 11 is 0. The smallest absolute Gasteiger partial charge is 0.0302 e. The molecule has 1 nitrogen and oxygen atoms in total. The number of rotatable bonds is 0. The maximum absolute atomic E-state index is 5.72. The maximum Gasteiger partial charge on any atom is 0.0302 e. The van der Waals surface area contributed by atoms with Crippen molar-refractivity contribution in [2.45, 2.75) is 20.8 Å². The molecule has 0 spiro atoms. The van der Waals surface area contributed by atoms with Crippen molar-refractivity contribution in [3.8, 4) is 0 Å². The standard InChI is InChI=1S/C9H15N/c1-6-4-8(3)9(10)5-7(6)2/h4-7H,10H2,1-3H3. The second-order valence-electron chi connectivity index (χ2n) is 3.19. The van der Waals surface area contributed by atoms with E-state index in [2.05, 4.69) is 32.9 Å². The molecule has 0 heterocycles. The molecular weight excluding hydrogens is 122 g/mol. The van der Waals surface area contributed by atoms with Gasteiger partial charge in [-0.05, 0) is 24.3 Å². The molecule has 2 N–H and O–H groups in total. The van der Waals surface area contributed by atoms with E-state index in [0.29, 0.717) is 11.8 Å². The Hall–Kier alpha value is -0.720. The van der Waals surface area contributed by atoms with Crippen molar-refractivity contribution in [3.05, 3.63) is 23.4 Å². The molecule has 0 bridgehead atoms. The predicted molar refractivity (Wildman–Crippen MR) is 44.4 cm³/mol. The lowest BCUT2D eigenvalue weighted by atomic mass is 9.88. The Labute approximate surface area is 62.6 Å². The van der Waals surface area contributed by atoms with Crippen LogP contribution in [0.4, 0.5) is 0 Å². The topological polar surface area (TPSA) is 26.0 Å². The molecule has 2 unspecified atom stereocenters. The highest BCUT2D eigenvalue weighted by atomic mass is 14.6.